The second-order valence-corrected chi connectivity index (χ2v) is 8.37. The van der Waals surface area contributed by atoms with Crippen molar-refractivity contribution in [2.45, 2.75) is 38.4 Å². The second kappa shape index (κ2) is 8.46. The first-order valence-corrected chi connectivity index (χ1v) is 10.1. The highest BCUT2D eigenvalue weighted by Gasteiger charge is 2.49. The van der Waals surface area contributed by atoms with Gasteiger partial charge in [0.2, 0.25) is 5.91 Å². The Balaban J connectivity index is 1.76. The van der Waals surface area contributed by atoms with E-state index in [0.717, 1.165) is 17.7 Å². The van der Waals surface area contributed by atoms with Gasteiger partial charge in [-0.2, -0.15) is 13.2 Å². The molecular weight excluding hydrogens is 447 g/mol. The van der Waals surface area contributed by atoms with Crippen molar-refractivity contribution in [2.24, 2.45) is 0 Å². The molecule has 1 saturated heterocycles. The molecule has 0 aromatic heterocycles. The summed E-state index contributed by atoms with van der Waals surface area (Å²) in [4.78, 5) is 38.5. The van der Waals surface area contributed by atoms with Crippen molar-refractivity contribution in [3.8, 4) is 0 Å². The second-order valence-electron chi connectivity index (χ2n) is 7.96. The first-order chi connectivity index (χ1) is 14.8. The van der Waals surface area contributed by atoms with Gasteiger partial charge in [-0.15, -0.1) is 0 Å². The van der Waals surface area contributed by atoms with Crippen LogP contribution < -0.4 is 10.6 Å². The summed E-state index contributed by atoms with van der Waals surface area (Å²) in [7, 11) is 0. The zero-order valence-corrected chi connectivity index (χ0v) is 18.3. The first kappa shape index (κ1) is 23.6. The topological polar surface area (TPSA) is 78.5 Å². The van der Waals surface area contributed by atoms with E-state index in [4.69, 9.17) is 11.6 Å². The molecule has 1 aliphatic rings. The van der Waals surface area contributed by atoms with E-state index in [9.17, 15) is 27.6 Å². The van der Waals surface area contributed by atoms with Crippen LogP contribution in [0.4, 0.5) is 23.7 Å². The lowest BCUT2D eigenvalue weighted by Gasteiger charge is -2.23. The molecule has 0 saturated carbocycles. The van der Waals surface area contributed by atoms with E-state index in [0.29, 0.717) is 16.5 Å². The minimum Gasteiger partial charge on any atom is -0.323 e. The number of benzene rings is 2. The van der Waals surface area contributed by atoms with Crippen LogP contribution in [0.25, 0.3) is 0 Å². The Labute approximate surface area is 187 Å². The molecule has 1 aliphatic heterocycles. The molecule has 0 radical (unpaired) electrons. The number of amides is 4. The predicted molar refractivity (Wildman–Crippen MR) is 113 cm³/mol. The molecule has 170 valence electrons. The fourth-order valence-electron chi connectivity index (χ4n) is 3.37. The van der Waals surface area contributed by atoms with Crippen molar-refractivity contribution in [3.63, 3.8) is 0 Å². The third-order valence-corrected chi connectivity index (χ3v) is 5.63. The number of anilines is 1. The summed E-state index contributed by atoms with van der Waals surface area (Å²) in [6.07, 6.45) is -4.62. The maximum Gasteiger partial charge on any atom is 0.416 e. The molecule has 2 aromatic rings. The molecular formula is C22H21ClF3N3O3. The number of hydrogen-bond acceptors (Lipinski definition) is 3. The van der Waals surface area contributed by atoms with Crippen LogP contribution in [-0.4, -0.2) is 29.3 Å². The Kier molecular flexibility index (Phi) is 6.24. The van der Waals surface area contributed by atoms with E-state index in [2.05, 4.69) is 10.6 Å². The van der Waals surface area contributed by atoms with E-state index in [-0.39, 0.29) is 16.6 Å². The summed E-state index contributed by atoms with van der Waals surface area (Å²) in [5.74, 6) is -1.23. The molecule has 2 N–H and O–H groups in total. The number of urea groups is 1. The smallest absolute Gasteiger partial charge is 0.323 e. The van der Waals surface area contributed by atoms with Gasteiger partial charge in [-0.05, 0) is 42.2 Å². The highest BCUT2D eigenvalue weighted by atomic mass is 35.5. The van der Waals surface area contributed by atoms with Crippen molar-refractivity contribution in [1.29, 1.82) is 0 Å². The third kappa shape index (κ3) is 4.57. The monoisotopic (exact) mass is 467 g/mol. The molecule has 6 nitrogen and oxygen atoms in total. The molecule has 1 atom stereocenters. The number of carbonyl (C=O) groups excluding carboxylic acids is 3. The largest absolute Gasteiger partial charge is 0.416 e. The normalized spacial score (nSPS) is 18.8. The fraction of sp³-hybridized carbons (Fsp3) is 0.318. The van der Waals surface area contributed by atoms with Crippen molar-refractivity contribution >= 4 is 35.1 Å². The molecule has 10 heteroatoms. The zero-order chi connectivity index (χ0) is 23.8. The number of alkyl halides is 3. The van der Waals surface area contributed by atoms with Gasteiger partial charge in [0, 0.05) is 0 Å². The van der Waals surface area contributed by atoms with Crippen LogP contribution in [0.1, 0.15) is 43.4 Å². The number of imide groups is 1. The van der Waals surface area contributed by atoms with Gasteiger partial charge in [-0.1, -0.05) is 49.7 Å². The van der Waals surface area contributed by atoms with Gasteiger partial charge < -0.3 is 10.6 Å². The van der Waals surface area contributed by atoms with E-state index < -0.39 is 41.7 Å². The van der Waals surface area contributed by atoms with Crippen LogP contribution in [0.15, 0.2) is 42.5 Å². The summed E-state index contributed by atoms with van der Waals surface area (Å²) in [6.45, 7) is 4.89. The Hall–Kier alpha value is -3.07. The Morgan fingerprint density at radius 3 is 2.34 bits per heavy atom. The Morgan fingerprint density at radius 2 is 1.78 bits per heavy atom. The summed E-state index contributed by atoms with van der Waals surface area (Å²) < 4.78 is 38.8. The first-order valence-electron chi connectivity index (χ1n) is 9.74. The van der Waals surface area contributed by atoms with Gasteiger partial charge in [0.1, 0.15) is 12.1 Å². The predicted octanol–water partition coefficient (Wildman–Crippen LogP) is 4.89. The van der Waals surface area contributed by atoms with Crippen LogP contribution >= 0.6 is 11.6 Å². The van der Waals surface area contributed by atoms with Gasteiger partial charge in [-0.3, -0.25) is 14.5 Å². The minimum atomic E-state index is -4.62. The molecule has 2 aromatic carbocycles. The molecule has 1 fully saturated rings. The summed E-state index contributed by atoms with van der Waals surface area (Å²) >= 11 is 5.88. The molecule has 0 bridgehead atoms. The van der Waals surface area contributed by atoms with Gasteiger partial charge in [0.05, 0.1) is 16.3 Å². The number of nitrogens with zero attached hydrogens (tertiary/aromatic N) is 1. The average molecular weight is 468 g/mol. The lowest BCUT2D eigenvalue weighted by atomic mass is 9.90. The van der Waals surface area contributed by atoms with E-state index in [1.807, 2.05) is 26.0 Å². The number of rotatable bonds is 5. The Morgan fingerprint density at radius 1 is 1.16 bits per heavy atom. The van der Waals surface area contributed by atoms with Crippen LogP contribution in [0.5, 0.6) is 0 Å². The quantitative estimate of drug-likeness (QED) is 0.615. The highest BCUT2D eigenvalue weighted by Crippen LogP contribution is 2.34. The lowest BCUT2D eigenvalue weighted by Crippen LogP contribution is -2.42. The van der Waals surface area contributed by atoms with Crippen LogP contribution in [0.2, 0.25) is 5.02 Å². The van der Waals surface area contributed by atoms with Crippen molar-refractivity contribution in [3.05, 3.63) is 64.2 Å². The SMILES string of the molecule is CC(C)c1ccc(C2(C)NC(=O)N(CC(=O)Nc3cc(C(F)(F)F)ccc3Cl)C2=O)cc1. The standard InChI is InChI=1S/C22H21ClF3N3O3/c1-12(2)13-4-6-14(7-5-13)21(3)19(31)29(20(32)28-21)11-18(30)27-17-10-15(22(24,25)26)8-9-16(17)23/h4-10,12H,11H2,1-3H3,(H,27,30)(H,28,32). The number of carbonyl (C=O) groups is 3. The van der Waals surface area contributed by atoms with Gasteiger partial charge in [0.15, 0.2) is 0 Å². The maximum atomic E-state index is 13.0. The molecule has 3 rings (SSSR count). The van der Waals surface area contributed by atoms with Gasteiger partial charge in [-0.25, -0.2) is 4.79 Å². The zero-order valence-electron chi connectivity index (χ0n) is 17.5. The Bertz CT molecular complexity index is 1070. The van der Waals surface area contributed by atoms with E-state index in [1.165, 1.54) is 6.92 Å². The van der Waals surface area contributed by atoms with E-state index >= 15 is 0 Å². The number of hydrogen-bond donors (Lipinski definition) is 2. The van der Waals surface area contributed by atoms with Gasteiger partial charge in [0.25, 0.3) is 5.91 Å². The summed E-state index contributed by atoms with van der Waals surface area (Å²) in [6, 6.07) is 8.88. The lowest BCUT2D eigenvalue weighted by molar-refractivity contribution is -0.137. The van der Waals surface area contributed by atoms with Crippen molar-refractivity contribution < 1.29 is 27.6 Å². The van der Waals surface area contributed by atoms with E-state index in [1.54, 1.807) is 12.1 Å². The minimum absolute atomic E-state index is 0.112. The molecule has 0 aliphatic carbocycles. The molecule has 1 unspecified atom stereocenters. The summed E-state index contributed by atoms with van der Waals surface area (Å²) in [5.41, 5.74) is -1.04. The van der Waals surface area contributed by atoms with Crippen LogP contribution in [0, 0.1) is 0 Å². The highest BCUT2D eigenvalue weighted by molar-refractivity contribution is 6.33. The van der Waals surface area contributed by atoms with Crippen LogP contribution in [-0.2, 0) is 21.3 Å². The maximum absolute atomic E-state index is 13.0. The summed E-state index contributed by atoms with van der Waals surface area (Å²) in [5, 5.41) is 4.71. The molecule has 1 heterocycles. The molecule has 4 amide bonds. The van der Waals surface area contributed by atoms with Crippen molar-refractivity contribution in [1.82, 2.24) is 10.2 Å². The average Bonchev–Trinajstić information content (AvgIpc) is 2.93. The number of halogens is 4. The molecule has 0 spiro atoms. The third-order valence-electron chi connectivity index (χ3n) is 5.30. The van der Waals surface area contributed by atoms with Crippen molar-refractivity contribution in [2.75, 3.05) is 11.9 Å². The van der Waals surface area contributed by atoms with Crippen LogP contribution in [0.3, 0.4) is 0 Å². The van der Waals surface area contributed by atoms with Gasteiger partial charge >= 0.3 is 12.2 Å². The molecule has 32 heavy (non-hydrogen) atoms. The fourth-order valence-corrected chi connectivity index (χ4v) is 3.53. The number of nitrogens with one attached hydrogen (secondary N) is 2.